The van der Waals surface area contributed by atoms with E-state index in [2.05, 4.69) is 10.3 Å². The van der Waals surface area contributed by atoms with Crippen LogP contribution in [0.5, 0.6) is 5.75 Å². The van der Waals surface area contributed by atoms with Gasteiger partial charge in [-0.05, 0) is 64.7 Å². The lowest BCUT2D eigenvalue weighted by Gasteiger charge is -2.47. The molecule has 5 rings (SSSR count). The molecule has 192 valence electrons. The van der Waals surface area contributed by atoms with Gasteiger partial charge in [0.15, 0.2) is 0 Å². The van der Waals surface area contributed by atoms with E-state index in [-0.39, 0.29) is 34.9 Å². The lowest BCUT2D eigenvalue weighted by Crippen LogP contribution is -2.58. The maximum absolute atomic E-state index is 13.5. The largest absolute Gasteiger partial charge is 0.508 e. The maximum atomic E-state index is 13.5. The highest BCUT2D eigenvalue weighted by atomic mass is 35.5. The smallest absolute Gasteiger partial charge is 0.243 e. The number of rotatable bonds is 8. The standard InChI is InChI=1S/C30H26ClN3O3S/c1-19(35)33-27(21-4-10-24(31)11-5-21)18-38-29-28(22-8-14-26(36)15-9-22)34(30(29)37)25-12-6-20(7-13-25)23-3-2-16-32-17-23/h2-17,27-29,36H,18H2,1H3,(H,33,35)/t27-,28+,29+/m0/s1. The average molecular weight is 544 g/mol. The Balaban J connectivity index is 1.39. The van der Waals surface area contributed by atoms with Gasteiger partial charge < -0.3 is 15.3 Å². The topological polar surface area (TPSA) is 82.5 Å². The minimum atomic E-state index is -0.346. The van der Waals surface area contributed by atoms with Crippen molar-refractivity contribution in [2.24, 2.45) is 0 Å². The molecule has 0 aliphatic carbocycles. The van der Waals surface area contributed by atoms with E-state index in [1.54, 1.807) is 35.4 Å². The molecule has 1 aliphatic heterocycles. The SMILES string of the molecule is CC(=O)N[C@@H](CS[C@H]1C(=O)N(c2ccc(-c3cccnc3)cc2)[C@@H]1c1ccc(O)cc1)c1ccc(Cl)cc1. The van der Waals surface area contributed by atoms with Crippen molar-refractivity contribution in [2.75, 3.05) is 10.7 Å². The number of β-lactam (4-membered cyclic amide) rings is 1. The second-order valence-electron chi connectivity index (χ2n) is 9.09. The van der Waals surface area contributed by atoms with Gasteiger partial charge in [0, 0.05) is 35.8 Å². The molecule has 1 aliphatic rings. The lowest BCUT2D eigenvalue weighted by molar-refractivity contribution is -0.123. The second-order valence-corrected chi connectivity index (χ2v) is 10.7. The van der Waals surface area contributed by atoms with Crippen LogP contribution < -0.4 is 10.2 Å². The predicted octanol–water partition coefficient (Wildman–Crippen LogP) is 6.17. The first kappa shape index (κ1) is 25.8. The molecule has 3 aromatic carbocycles. The van der Waals surface area contributed by atoms with Crippen LogP contribution >= 0.6 is 23.4 Å². The van der Waals surface area contributed by atoms with Gasteiger partial charge in [0.05, 0.1) is 12.1 Å². The molecular weight excluding hydrogens is 518 g/mol. The zero-order valence-electron chi connectivity index (χ0n) is 20.6. The van der Waals surface area contributed by atoms with Crippen molar-refractivity contribution < 1.29 is 14.7 Å². The summed E-state index contributed by atoms with van der Waals surface area (Å²) in [6, 6.07) is 25.6. The molecule has 0 bridgehead atoms. The van der Waals surface area contributed by atoms with E-state index in [1.807, 2.05) is 66.9 Å². The number of phenols is 1. The monoisotopic (exact) mass is 543 g/mol. The van der Waals surface area contributed by atoms with Crippen LogP contribution in [0.4, 0.5) is 5.69 Å². The van der Waals surface area contributed by atoms with Gasteiger partial charge in [0.1, 0.15) is 11.0 Å². The van der Waals surface area contributed by atoms with Crippen LogP contribution in [0.15, 0.2) is 97.3 Å². The molecule has 4 aromatic rings. The maximum Gasteiger partial charge on any atom is 0.243 e. The quantitative estimate of drug-likeness (QED) is 0.259. The minimum absolute atomic E-state index is 0.000107. The Hall–Kier alpha value is -3.81. The number of pyridine rings is 1. The third kappa shape index (κ3) is 5.54. The third-order valence-electron chi connectivity index (χ3n) is 6.51. The number of hydrogen-bond acceptors (Lipinski definition) is 5. The summed E-state index contributed by atoms with van der Waals surface area (Å²) in [6.07, 6.45) is 3.54. The Morgan fingerprint density at radius 2 is 1.74 bits per heavy atom. The molecule has 2 amide bonds. The zero-order valence-corrected chi connectivity index (χ0v) is 22.2. The Morgan fingerprint density at radius 3 is 2.37 bits per heavy atom. The number of thioether (sulfide) groups is 1. The van der Waals surface area contributed by atoms with Crippen LogP contribution in [0.1, 0.15) is 30.1 Å². The van der Waals surface area contributed by atoms with Crippen LogP contribution in [0, 0.1) is 0 Å². The van der Waals surface area contributed by atoms with Crippen LogP contribution in [-0.4, -0.2) is 32.9 Å². The van der Waals surface area contributed by atoms with Gasteiger partial charge in [-0.2, -0.15) is 0 Å². The number of benzene rings is 3. The number of carbonyl (C=O) groups is 2. The number of aromatic nitrogens is 1. The van der Waals surface area contributed by atoms with E-state index in [0.717, 1.165) is 27.9 Å². The Labute approximate surface area is 230 Å². The summed E-state index contributed by atoms with van der Waals surface area (Å²) in [5.74, 6) is 0.542. The van der Waals surface area contributed by atoms with Gasteiger partial charge >= 0.3 is 0 Å². The van der Waals surface area contributed by atoms with Crippen molar-refractivity contribution in [3.63, 3.8) is 0 Å². The second kappa shape index (κ2) is 11.3. The third-order valence-corrected chi connectivity index (χ3v) is 8.11. The molecule has 1 aromatic heterocycles. The Morgan fingerprint density at radius 1 is 1.03 bits per heavy atom. The molecule has 0 spiro atoms. The molecule has 1 fully saturated rings. The first-order valence-corrected chi connectivity index (χ1v) is 13.6. The van der Waals surface area contributed by atoms with E-state index in [1.165, 1.54) is 18.7 Å². The molecule has 0 radical (unpaired) electrons. The van der Waals surface area contributed by atoms with Gasteiger partial charge in [-0.15, -0.1) is 11.8 Å². The van der Waals surface area contributed by atoms with Gasteiger partial charge in [-0.25, -0.2) is 0 Å². The van der Waals surface area contributed by atoms with Crippen molar-refractivity contribution >= 4 is 40.9 Å². The summed E-state index contributed by atoms with van der Waals surface area (Å²) in [7, 11) is 0. The zero-order chi connectivity index (χ0) is 26.6. The number of anilines is 1. The molecule has 1 saturated heterocycles. The number of nitrogens with one attached hydrogen (secondary N) is 1. The van der Waals surface area contributed by atoms with Crippen LogP contribution in [0.25, 0.3) is 11.1 Å². The molecule has 3 atom stereocenters. The van der Waals surface area contributed by atoms with E-state index in [0.29, 0.717) is 10.8 Å². The molecular formula is C30H26ClN3O3S. The molecule has 2 heterocycles. The summed E-state index contributed by atoms with van der Waals surface area (Å²) in [4.78, 5) is 31.4. The summed E-state index contributed by atoms with van der Waals surface area (Å²) < 4.78 is 0. The van der Waals surface area contributed by atoms with Crippen molar-refractivity contribution in [1.29, 1.82) is 0 Å². The number of halogens is 1. The van der Waals surface area contributed by atoms with Crippen molar-refractivity contribution in [1.82, 2.24) is 10.3 Å². The first-order valence-electron chi connectivity index (χ1n) is 12.2. The van der Waals surface area contributed by atoms with E-state index in [9.17, 15) is 14.7 Å². The normalized spacial score (nSPS) is 17.5. The molecule has 0 unspecified atom stereocenters. The molecule has 2 N–H and O–H groups in total. The van der Waals surface area contributed by atoms with Gasteiger partial charge in [-0.1, -0.05) is 54.1 Å². The summed E-state index contributed by atoms with van der Waals surface area (Å²) >= 11 is 7.57. The van der Waals surface area contributed by atoms with Gasteiger partial charge in [0.2, 0.25) is 11.8 Å². The van der Waals surface area contributed by atoms with Gasteiger partial charge in [0.25, 0.3) is 0 Å². The number of carbonyl (C=O) groups excluding carboxylic acids is 2. The molecule has 6 nitrogen and oxygen atoms in total. The van der Waals surface area contributed by atoms with E-state index >= 15 is 0 Å². The molecule has 38 heavy (non-hydrogen) atoms. The number of aromatic hydroxyl groups is 1. The molecule has 0 saturated carbocycles. The lowest BCUT2D eigenvalue weighted by atomic mass is 9.92. The van der Waals surface area contributed by atoms with E-state index < -0.39 is 0 Å². The fourth-order valence-electron chi connectivity index (χ4n) is 4.62. The fraction of sp³-hybridized carbons (Fsp3) is 0.167. The Kier molecular flexibility index (Phi) is 7.67. The highest BCUT2D eigenvalue weighted by Crippen LogP contribution is 2.46. The van der Waals surface area contributed by atoms with Crippen LogP contribution in [-0.2, 0) is 9.59 Å². The van der Waals surface area contributed by atoms with Gasteiger partial charge in [-0.3, -0.25) is 14.6 Å². The van der Waals surface area contributed by atoms with E-state index in [4.69, 9.17) is 11.6 Å². The number of amides is 2. The van der Waals surface area contributed by atoms with Crippen molar-refractivity contribution in [3.05, 3.63) is 113 Å². The minimum Gasteiger partial charge on any atom is -0.508 e. The summed E-state index contributed by atoms with van der Waals surface area (Å²) in [6.45, 7) is 1.48. The number of phenolic OH excluding ortho intramolecular Hbond substituents is 1. The highest BCUT2D eigenvalue weighted by molar-refractivity contribution is 8.00. The first-order chi connectivity index (χ1) is 18.4. The Bertz CT molecular complexity index is 1410. The predicted molar refractivity (Wildman–Crippen MR) is 152 cm³/mol. The average Bonchev–Trinajstić information content (AvgIpc) is 2.93. The van der Waals surface area contributed by atoms with Crippen molar-refractivity contribution in [3.8, 4) is 16.9 Å². The van der Waals surface area contributed by atoms with Crippen LogP contribution in [0.3, 0.4) is 0 Å². The highest BCUT2D eigenvalue weighted by Gasteiger charge is 2.49. The summed E-state index contributed by atoms with van der Waals surface area (Å²) in [5, 5.41) is 13.1. The summed E-state index contributed by atoms with van der Waals surface area (Å²) in [5.41, 5.74) is 4.67. The van der Waals surface area contributed by atoms with Crippen LogP contribution in [0.2, 0.25) is 5.02 Å². The fourth-order valence-corrected chi connectivity index (χ4v) is 6.14. The number of nitrogens with zero attached hydrogens (tertiary/aromatic N) is 2. The number of hydrogen-bond donors (Lipinski definition) is 2. The van der Waals surface area contributed by atoms with Crippen molar-refractivity contribution in [2.45, 2.75) is 24.3 Å². The molecule has 8 heteroatoms.